The molecule has 2 rings (SSSR count). The van der Waals surface area contributed by atoms with E-state index in [9.17, 15) is 22.8 Å². The number of hydrogen-bond acceptors (Lipinski definition) is 3. The lowest BCUT2D eigenvalue weighted by Crippen LogP contribution is -2.20. The van der Waals surface area contributed by atoms with Gasteiger partial charge in [-0.05, 0) is 29.3 Å². The monoisotopic (exact) mass is 350 g/mol. The zero-order valence-electron chi connectivity index (χ0n) is 12.7. The topological polar surface area (TPSA) is 78.8 Å². The molecular formula is C17H13F3N2O3. The molecule has 0 radical (unpaired) electrons. The van der Waals surface area contributed by atoms with Gasteiger partial charge in [-0.3, -0.25) is 4.79 Å². The number of rotatable bonds is 5. The molecule has 0 heterocycles. The van der Waals surface area contributed by atoms with Gasteiger partial charge < -0.3 is 5.11 Å². The molecule has 2 aromatic rings. The Morgan fingerprint density at radius 2 is 1.80 bits per heavy atom. The number of nitrogens with zero attached hydrogens (tertiary/aromatic N) is 1. The van der Waals surface area contributed by atoms with Gasteiger partial charge in [0.05, 0.1) is 23.8 Å². The van der Waals surface area contributed by atoms with Gasteiger partial charge in [0, 0.05) is 0 Å². The predicted octanol–water partition coefficient (Wildman–Crippen LogP) is 3.10. The average molecular weight is 350 g/mol. The van der Waals surface area contributed by atoms with E-state index in [-0.39, 0.29) is 17.5 Å². The van der Waals surface area contributed by atoms with Crippen molar-refractivity contribution in [2.75, 3.05) is 0 Å². The van der Waals surface area contributed by atoms with Crippen LogP contribution in [-0.4, -0.2) is 23.2 Å². The number of aromatic carboxylic acids is 1. The summed E-state index contributed by atoms with van der Waals surface area (Å²) in [5, 5.41) is 12.5. The van der Waals surface area contributed by atoms with E-state index in [0.29, 0.717) is 5.56 Å². The third kappa shape index (κ3) is 5.45. The number of carbonyl (C=O) groups excluding carboxylic acids is 1. The Bertz CT molecular complexity index is 800. The molecule has 8 heteroatoms. The van der Waals surface area contributed by atoms with Crippen LogP contribution < -0.4 is 5.43 Å². The molecule has 0 spiro atoms. The van der Waals surface area contributed by atoms with Crippen molar-refractivity contribution in [2.45, 2.75) is 12.6 Å². The molecule has 0 aromatic heterocycles. The molecule has 0 unspecified atom stereocenters. The Labute approximate surface area is 140 Å². The first-order chi connectivity index (χ1) is 11.8. The third-order valence-corrected chi connectivity index (χ3v) is 3.18. The minimum absolute atomic E-state index is 0.116. The van der Waals surface area contributed by atoms with Crippen molar-refractivity contribution < 1.29 is 27.9 Å². The molecule has 0 aliphatic heterocycles. The van der Waals surface area contributed by atoms with Gasteiger partial charge in [-0.15, -0.1) is 0 Å². The fourth-order valence-corrected chi connectivity index (χ4v) is 1.97. The first-order valence-electron chi connectivity index (χ1n) is 7.07. The fourth-order valence-electron chi connectivity index (χ4n) is 1.97. The molecule has 0 atom stereocenters. The number of amides is 1. The summed E-state index contributed by atoms with van der Waals surface area (Å²) in [6.45, 7) is 0. The van der Waals surface area contributed by atoms with Crippen molar-refractivity contribution in [1.29, 1.82) is 0 Å². The van der Waals surface area contributed by atoms with E-state index < -0.39 is 23.6 Å². The summed E-state index contributed by atoms with van der Waals surface area (Å²) in [5.41, 5.74) is 2.28. The van der Waals surface area contributed by atoms with E-state index in [1.807, 2.05) is 0 Å². The number of alkyl halides is 3. The van der Waals surface area contributed by atoms with Gasteiger partial charge in [0.15, 0.2) is 0 Å². The van der Waals surface area contributed by atoms with E-state index >= 15 is 0 Å². The molecule has 0 saturated heterocycles. The maximum Gasteiger partial charge on any atom is 0.416 e. The Morgan fingerprint density at radius 3 is 2.40 bits per heavy atom. The second-order valence-corrected chi connectivity index (χ2v) is 5.10. The average Bonchev–Trinajstić information content (AvgIpc) is 2.55. The van der Waals surface area contributed by atoms with Gasteiger partial charge in [0.2, 0.25) is 5.91 Å². The quantitative estimate of drug-likeness (QED) is 0.642. The van der Waals surface area contributed by atoms with Crippen LogP contribution in [0.5, 0.6) is 0 Å². The smallest absolute Gasteiger partial charge is 0.416 e. The second kappa shape index (κ2) is 7.61. The van der Waals surface area contributed by atoms with Gasteiger partial charge in [-0.25, -0.2) is 10.2 Å². The highest BCUT2D eigenvalue weighted by Gasteiger charge is 2.30. The van der Waals surface area contributed by atoms with Crippen molar-refractivity contribution in [1.82, 2.24) is 5.43 Å². The van der Waals surface area contributed by atoms with E-state index in [4.69, 9.17) is 5.11 Å². The normalized spacial score (nSPS) is 11.5. The van der Waals surface area contributed by atoms with Crippen LogP contribution in [0.2, 0.25) is 0 Å². The maximum absolute atomic E-state index is 12.6. The van der Waals surface area contributed by atoms with Crippen LogP contribution in [0.15, 0.2) is 53.6 Å². The zero-order chi connectivity index (χ0) is 18.4. The molecule has 0 bridgehead atoms. The van der Waals surface area contributed by atoms with E-state index in [1.165, 1.54) is 42.6 Å². The molecule has 130 valence electrons. The molecular weight excluding hydrogens is 337 g/mol. The number of nitrogens with one attached hydrogen (secondary N) is 1. The lowest BCUT2D eigenvalue weighted by molar-refractivity contribution is -0.137. The van der Waals surface area contributed by atoms with Crippen molar-refractivity contribution in [3.05, 3.63) is 70.8 Å². The lowest BCUT2D eigenvalue weighted by Gasteiger charge is -2.08. The standard InChI is InChI=1S/C17H13F3N2O3/c18-17(19,20)14-3-1-2-12(8-14)9-15(23)22-21-10-11-4-6-13(7-5-11)16(24)25/h1-8,10H,9H2,(H,22,23)(H,24,25). The van der Waals surface area contributed by atoms with Gasteiger partial charge in [-0.2, -0.15) is 18.3 Å². The van der Waals surface area contributed by atoms with Crippen LogP contribution in [0.3, 0.4) is 0 Å². The van der Waals surface area contributed by atoms with Crippen LogP contribution in [-0.2, 0) is 17.4 Å². The Kier molecular flexibility index (Phi) is 5.53. The Hall–Kier alpha value is -3.16. The molecule has 2 aromatic carbocycles. The summed E-state index contributed by atoms with van der Waals surface area (Å²) < 4.78 is 37.8. The van der Waals surface area contributed by atoms with Crippen LogP contribution >= 0.6 is 0 Å². The molecule has 25 heavy (non-hydrogen) atoms. The van der Waals surface area contributed by atoms with E-state index in [1.54, 1.807) is 0 Å². The highest BCUT2D eigenvalue weighted by molar-refractivity contribution is 5.89. The summed E-state index contributed by atoms with van der Waals surface area (Å²) in [6.07, 6.45) is -3.42. The minimum atomic E-state index is -4.47. The molecule has 1 amide bonds. The zero-order valence-corrected chi connectivity index (χ0v) is 12.7. The van der Waals surface area contributed by atoms with Crippen LogP contribution in [0, 0.1) is 0 Å². The number of benzene rings is 2. The summed E-state index contributed by atoms with van der Waals surface area (Å²) in [5.74, 6) is -1.63. The Morgan fingerprint density at radius 1 is 1.12 bits per heavy atom. The largest absolute Gasteiger partial charge is 0.478 e. The van der Waals surface area contributed by atoms with Crippen LogP contribution in [0.1, 0.15) is 27.0 Å². The number of halogens is 3. The fraction of sp³-hybridized carbons (Fsp3) is 0.118. The number of hydrazone groups is 1. The Balaban J connectivity index is 1.93. The summed E-state index contributed by atoms with van der Waals surface area (Å²) in [7, 11) is 0. The number of carboxylic acid groups (broad SMARTS) is 1. The maximum atomic E-state index is 12.6. The summed E-state index contributed by atoms with van der Waals surface area (Å²) >= 11 is 0. The molecule has 0 fully saturated rings. The number of carbonyl (C=O) groups is 2. The molecule has 0 aliphatic carbocycles. The highest BCUT2D eigenvalue weighted by atomic mass is 19.4. The van der Waals surface area contributed by atoms with E-state index in [2.05, 4.69) is 10.5 Å². The van der Waals surface area contributed by atoms with Crippen molar-refractivity contribution >= 4 is 18.1 Å². The van der Waals surface area contributed by atoms with Crippen molar-refractivity contribution in [3.63, 3.8) is 0 Å². The van der Waals surface area contributed by atoms with Gasteiger partial charge in [-0.1, -0.05) is 30.3 Å². The minimum Gasteiger partial charge on any atom is -0.478 e. The first-order valence-corrected chi connectivity index (χ1v) is 7.07. The summed E-state index contributed by atoms with van der Waals surface area (Å²) in [4.78, 5) is 22.4. The van der Waals surface area contributed by atoms with Crippen molar-refractivity contribution in [2.24, 2.45) is 5.10 Å². The number of hydrogen-bond donors (Lipinski definition) is 2. The molecule has 0 saturated carbocycles. The summed E-state index contributed by atoms with van der Waals surface area (Å²) in [6, 6.07) is 10.3. The molecule has 5 nitrogen and oxygen atoms in total. The number of carboxylic acids is 1. The van der Waals surface area contributed by atoms with Crippen LogP contribution in [0.25, 0.3) is 0 Å². The van der Waals surface area contributed by atoms with Gasteiger partial charge in [0.25, 0.3) is 0 Å². The third-order valence-electron chi connectivity index (χ3n) is 3.18. The first kappa shape index (κ1) is 18.2. The lowest BCUT2D eigenvalue weighted by atomic mass is 10.1. The predicted molar refractivity (Wildman–Crippen MR) is 84.3 cm³/mol. The van der Waals surface area contributed by atoms with Crippen molar-refractivity contribution in [3.8, 4) is 0 Å². The molecule has 2 N–H and O–H groups in total. The van der Waals surface area contributed by atoms with Gasteiger partial charge >= 0.3 is 12.1 Å². The van der Waals surface area contributed by atoms with Gasteiger partial charge in [0.1, 0.15) is 0 Å². The highest BCUT2D eigenvalue weighted by Crippen LogP contribution is 2.29. The SMILES string of the molecule is O=C(Cc1cccc(C(F)(F)F)c1)NN=Cc1ccc(C(=O)O)cc1. The van der Waals surface area contributed by atoms with E-state index in [0.717, 1.165) is 12.1 Å². The second-order valence-electron chi connectivity index (χ2n) is 5.10. The molecule has 0 aliphatic rings. The van der Waals surface area contributed by atoms with Crippen LogP contribution in [0.4, 0.5) is 13.2 Å².